The molecular weight excluding hydrogens is 326 g/mol. The summed E-state index contributed by atoms with van der Waals surface area (Å²) in [5.74, 6) is 1.10. The lowest BCUT2D eigenvalue weighted by Gasteiger charge is -2.27. The zero-order chi connectivity index (χ0) is 16.8. The van der Waals surface area contributed by atoms with Crippen molar-refractivity contribution in [2.75, 3.05) is 42.3 Å². The molecule has 1 aliphatic heterocycles. The topological polar surface area (TPSA) is 72.3 Å². The molecule has 0 bridgehead atoms. The number of aromatic nitrogens is 3. The highest BCUT2D eigenvalue weighted by Gasteiger charge is 2.20. The Morgan fingerprint density at radius 2 is 2.00 bits per heavy atom. The SMILES string of the molecule is CCn1c(SCC(=O)Nc2ccccc2)nnc1N1CCOCC1. The van der Waals surface area contributed by atoms with Crippen LogP contribution in [0.25, 0.3) is 0 Å². The Balaban J connectivity index is 1.60. The van der Waals surface area contributed by atoms with Crippen molar-refractivity contribution in [3.05, 3.63) is 30.3 Å². The smallest absolute Gasteiger partial charge is 0.234 e. The van der Waals surface area contributed by atoms with Crippen LogP contribution in [0.4, 0.5) is 11.6 Å². The first-order valence-electron chi connectivity index (χ1n) is 8.01. The summed E-state index contributed by atoms with van der Waals surface area (Å²) in [5.41, 5.74) is 0.800. The molecule has 1 N–H and O–H groups in total. The highest BCUT2D eigenvalue weighted by atomic mass is 32.2. The fourth-order valence-corrected chi connectivity index (χ4v) is 3.31. The van der Waals surface area contributed by atoms with E-state index in [4.69, 9.17) is 4.74 Å². The standard InChI is InChI=1S/C16H21N5O2S/c1-2-21-15(20-8-10-23-11-9-20)18-19-16(21)24-12-14(22)17-13-6-4-3-5-7-13/h3-7H,2,8-12H2,1H3,(H,17,22). The Hall–Kier alpha value is -2.06. The van der Waals surface area contributed by atoms with Gasteiger partial charge in [-0.1, -0.05) is 30.0 Å². The Morgan fingerprint density at radius 1 is 1.25 bits per heavy atom. The molecule has 0 radical (unpaired) electrons. The summed E-state index contributed by atoms with van der Waals surface area (Å²) in [6.07, 6.45) is 0. The molecule has 0 unspecified atom stereocenters. The number of nitrogens with one attached hydrogen (secondary N) is 1. The number of carbonyl (C=O) groups excluding carboxylic acids is 1. The molecule has 1 aromatic heterocycles. The minimum atomic E-state index is -0.0511. The summed E-state index contributed by atoms with van der Waals surface area (Å²) < 4.78 is 7.43. The number of hydrogen-bond donors (Lipinski definition) is 1. The molecule has 1 saturated heterocycles. The predicted octanol–water partition coefficient (Wildman–Crippen LogP) is 1.87. The number of nitrogens with zero attached hydrogens (tertiary/aromatic N) is 4. The molecule has 1 aromatic carbocycles. The van der Waals surface area contributed by atoms with Gasteiger partial charge in [0, 0.05) is 25.3 Å². The molecule has 2 heterocycles. The zero-order valence-electron chi connectivity index (χ0n) is 13.6. The van der Waals surface area contributed by atoms with E-state index in [1.807, 2.05) is 34.9 Å². The van der Waals surface area contributed by atoms with Gasteiger partial charge in [0.05, 0.1) is 19.0 Å². The Morgan fingerprint density at radius 3 is 2.71 bits per heavy atom. The van der Waals surface area contributed by atoms with Crippen LogP contribution < -0.4 is 10.2 Å². The van der Waals surface area contributed by atoms with E-state index in [1.165, 1.54) is 11.8 Å². The number of thioether (sulfide) groups is 1. The van der Waals surface area contributed by atoms with Gasteiger partial charge in [0.25, 0.3) is 0 Å². The molecule has 0 atom stereocenters. The first-order chi connectivity index (χ1) is 11.8. The Kier molecular flexibility index (Phi) is 5.71. The second kappa shape index (κ2) is 8.16. The molecule has 0 saturated carbocycles. The summed E-state index contributed by atoms with van der Waals surface area (Å²) >= 11 is 1.40. The normalized spacial score (nSPS) is 14.6. The van der Waals surface area contributed by atoms with Crippen molar-refractivity contribution >= 4 is 29.3 Å². The first-order valence-corrected chi connectivity index (χ1v) is 9.00. The van der Waals surface area contributed by atoms with Crippen molar-refractivity contribution in [2.45, 2.75) is 18.6 Å². The number of rotatable bonds is 6. The third-order valence-corrected chi connectivity index (χ3v) is 4.66. The second-order valence-corrected chi connectivity index (χ2v) is 6.27. The number of ether oxygens (including phenoxy) is 1. The second-order valence-electron chi connectivity index (χ2n) is 5.33. The van der Waals surface area contributed by atoms with Crippen molar-refractivity contribution in [3.63, 3.8) is 0 Å². The van der Waals surface area contributed by atoms with Crippen LogP contribution in [0.15, 0.2) is 35.5 Å². The fourth-order valence-electron chi connectivity index (χ4n) is 2.51. The van der Waals surface area contributed by atoms with Gasteiger partial charge in [-0.05, 0) is 19.1 Å². The van der Waals surface area contributed by atoms with E-state index < -0.39 is 0 Å². The molecule has 24 heavy (non-hydrogen) atoms. The maximum Gasteiger partial charge on any atom is 0.234 e. The number of anilines is 2. The molecule has 1 aliphatic rings. The quantitative estimate of drug-likeness (QED) is 0.804. The van der Waals surface area contributed by atoms with Gasteiger partial charge in [-0.2, -0.15) is 0 Å². The van der Waals surface area contributed by atoms with Crippen LogP contribution in [0.3, 0.4) is 0 Å². The highest BCUT2D eigenvalue weighted by molar-refractivity contribution is 7.99. The number of carbonyl (C=O) groups is 1. The van der Waals surface area contributed by atoms with E-state index in [2.05, 4.69) is 27.3 Å². The molecule has 1 amide bonds. The summed E-state index contributed by atoms with van der Waals surface area (Å²) in [6, 6.07) is 9.44. The average molecular weight is 347 g/mol. The maximum absolute atomic E-state index is 12.1. The van der Waals surface area contributed by atoms with Gasteiger partial charge in [0.2, 0.25) is 11.9 Å². The highest BCUT2D eigenvalue weighted by Crippen LogP contribution is 2.22. The van der Waals surface area contributed by atoms with E-state index in [0.29, 0.717) is 19.0 Å². The largest absolute Gasteiger partial charge is 0.378 e. The number of benzene rings is 1. The minimum Gasteiger partial charge on any atom is -0.378 e. The molecule has 2 aromatic rings. The van der Waals surface area contributed by atoms with Crippen LogP contribution in [-0.2, 0) is 16.1 Å². The van der Waals surface area contributed by atoms with Crippen molar-refractivity contribution in [1.29, 1.82) is 0 Å². The summed E-state index contributed by atoms with van der Waals surface area (Å²) in [4.78, 5) is 14.3. The van der Waals surface area contributed by atoms with Gasteiger partial charge < -0.3 is 15.0 Å². The van der Waals surface area contributed by atoms with Crippen molar-refractivity contribution in [2.24, 2.45) is 0 Å². The monoisotopic (exact) mass is 347 g/mol. The van der Waals surface area contributed by atoms with Gasteiger partial charge in [-0.3, -0.25) is 9.36 Å². The molecule has 0 spiro atoms. The number of para-hydroxylation sites is 1. The lowest BCUT2D eigenvalue weighted by atomic mass is 10.3. The Bertz CT molecular complexity index is 670. The molecule has 128 valence electrons. The van der Waals surface area contributed by atoms with Gasteiger partial charge in [0.1, 0.15) is 0 Å². The zero-order valence-corrected chi connectivity index (χ0v) is 14.5. The Labute approximate surface area is 145 Å². The molecule has 7 nitrogen and oxygen atoms in total. The van der Waals surface area contributed by atoms with Crippen molar-refractivity contribution in [1.82, 2.24) is 14.8 Å². The lowest BCUT2D eigenvalue weighted by Crippen LogP contribution is -2.38. The molecular formula is C16H21N5O2S. The van der Waals surface area contributed by atoms with Crippen LogP contribution in [0, 0.1) is 0 Å². The number of morpholine rings is 1. The van der Waals surface area contributed by atoms with E-state index in [0.717, 1.165) is 36.4 Å². The van der Waals surface area contributed by atoms with Crippen LogP contribution in [0.1, 0.15) is 6.92 Å². The predicted molar refractivity (Wildman–Crippen MR) is 94.5 cm³/mol. The first kappa shape index (κ1) is 16.8. The van der Waals surface area contributed by atoms with Gasteiger partial charge in [-0.25, -0.2) is 0 Å². The van der Waals surface area contributed by atoms with Crippen LogP contribution in [0.5, 0.6) is 0 Å². The summed E-state index contributed by atoms with van der Waals surface area (Å²) in [5, 5.41) is 12.2. The molecule has 1 fully saturated rings. The van der Waals surface area contributed by atoms with Crippen LogP contribution >= 0.6 is 11.8 Å². The van der Waals surface area contributed by atoms with E-state index >= 15 is 0 Å². The van der Waals surface area contributed by atoms with Gasteiger partial charge >= 0.3 is 0 Å². The average Bonchev–Trinajstić information content (AvgIpc) is 3.04. The molecule has 0 aliphatic carbocycles. The maximum atomic E-state index is 12.1. The van der Waals surface area contributed by atoms with Crippen LogP contribution in [0.2, 0.25) is 0 Å². The number of hydrogen-bond acceptors (Lipinski definition) is 6. The number of amides is 1. The minimum absolute atomic E-state index is 0.0511. The third kappa shape index (κ3) is 4.07. The van der Waals surface area contributed by atoms with E-state index in [1.54, 1.807) is 0 Å². The van der Waals surface area contributed by atoms with Crippen LogP contribution in [-0.4, -0.2) is 52.7 Å². The van der Waals surface area contributed by atoms with E-state index in [-0.39, 0.29) is 5.91 Å². The van der Waals surface area contributed by atoms with Gasteiger partial charge in [-0.15, -0.1) is 10.2 Å². The summed E-state index contributed by atoms with van der Waals surface area (Å²) in [7, 11) is 0. The molecule has 3 rings (SSSR count). The lowest BCUT2D eigenvalue weighted by molar-refractivity contribution is -0.113. The third-order valence-electron chi connectivity index (χ3n) is 3.70. The van der Waals surface area contributed by atoms with E-state index in [9.17, 15) is 4.79 Å². The van der Waals surface area contributed by atoms with Crippen molar-refractivity contribution in [3.8, 4) is 0 Å². The summed E-state index contributed by atoms with van der Waals surface area (Å²) in [6.45, 7) is 5.87. The van der Waals surface area contributed by atoms with Crippen molar-refractivity contribution < 1.29 is 9.53 Å². The van der Waals surface area contributed by atoms with Gasteiger partial charge in [0.15, 0.2) is 5.16 Å². The fraction of sp³-hybridized carbons (Fsp3) is 0.438. The molecule has 8 heteroatoms.